The van der Waals surface area contributed by atoms with E-state index in [1.807, 2.05) is 76.4 Å². The van der Waals surface area contributed by atoms with Gasteiger partial charge in [-0.3, -0.25) is 0 Å². The fourth-order valence-electron chi connectivity index (χ4n) is 4.07. The largest absolute Gasteiger partial charge is 0.491 e. The van der Waals surface area contributed by atoms with E-state index in [-0.39, 0.29) is 6.10 Å². The average Bonchev–Trinajstić information content (AvgIpc) is 2.82. The van der Waals surface area contributed by atoms with Gasteiger partial charge in [0, 0.05) is 12.2 Å². The summed E-state index contributed by atoms with van der Waals surface area (Å²) in [5, 5.41) is 3.53. The number of hydrogen-bond acceptors (Lipinski definition) is 5. The molecule has 1 N–H and O–H groups in total. The molecule has 1 heterocycles. The summed E-state index contributed by atoms with van der Waals surface area (Å²) in [6.45, 7) is 12.4. The van der Waals surface area contributed by atoms with Crippen molar-refractivity contribution in [3.63, 3.8) is 0 Å². The second-order valence-corrected chi connectivity index (χ2v) is 9.12. The van der Waals surface area contributed by atoms with Gasteiger partial charge in [0.2, 0.25) is 11.8 Å². The van der Waals surface area contributed by atoms with Crippen molar-refractivity contribution < 1.29 is 9.47 Å². The highest BCUT2D eigenvalue weighted by molar-refractivity contribution is 5.69. The number of hydrogen-bond donors (Lipinski definition) is 1. The molecule has 5 nitrogen and oxygen atoms in total. The van der Waals surface area contributed by atoms with Gasteiger partial charge in [0.15, 0.2) is 0 Å². The molecule has 2 aromatic carbocycles. The Morgan fingerprint density at radius 3 is 2.29 bits per heavy atom. The fourth-order valence-corrected chi connectivity index (χ4v) is 4.07. The van der Waals surface area contributed by atoms with Crippen LogP contribution in [-0.4, -0.2) is 22.1 Å². The van der Waals surface area contributed by atoms with Gasteiger partial charge in [-0.15, -0.1) is 0 Å². The summed E-state index contributed by atoms with van der Waals surface area (Å²) in [4.78, 5) is 9.41. The lowest BCUT2D eigenvalue weighted by Gasteiger charge is -2.27. The Balaban J connectivity index is 0.00000158. The molecule has 0 spiro atoms. The molecule has 5 heteroatoms. The zero-order chi connectivity index (χ0) is 24.5. The van der Waals surface area contributed by atoms with Crippen molar-refractivity contribution in [2.45, 2.75) is 79.4 Å². The van der Waals surface area contributed by atoms with Gasteiger partial charge in [-0.2, -0.15) is 4.98 Å². The molecule has 0 amide bonds. The SMILES string of the molecule is CC.Cc1cccc(Oc2nc(NC3CCC(C)CC3)ncc2-c2ccc(OC(C)C)cc2)c1. The third-order valence-electron chi connectivity index (χ3n) is 5.84. The summed E-state index contributed by atoms with van der Waals surface area (Å²) < 4.78 is 12.0. The zero-order valence-electron chi connectivity index (χ0n) is 21.5. The van der Waals surface area contributed by atoms with Crippen LogP contribution in [0.2, 0.25) is 0 Å². The van der Waals surface area contributed by atoms with E-state index in [0.717, 1.165) is 46.9 Å². The van der Waals surface area contributed by atoms with E-state index in [1.54, 1.807) is 0 Å². The van der Waals surface area contributed by atoms with Gasteiger partial charge in [-0.1, -0.05) is 45.0 Å². The molecular formula is C29H39N3O2. The summed E-state index contributed by atoms with van der Waals surface area (Å²) in [5.74, 6) is 3.59. The molecular weight excluding hydrogens is 422 g/mol. The smallest absolute Gasteiger partial charge is 0.231 e. The minimum atomic E-state index is 0.137. The lowest BCUT2D eigenvalue weighted by Crippen LogP contribution is -2.26. The van der Waals surface area contributed by atoms with Crippen LogP contribution >= 0.6 is 0 Å². The Bertz CT molecular complexity index is 1030. The molecule has 1 aliphatic carbocycles. The van der Waals surface area contributed by atoms with Crippen LogP contribution in [-0.2, 0) is 0 Å². The minimum absolute atomic E-state index is 0.137. The molecule has 182 valence electrons. The van der Waals surface area contributed by atoms with Crippen LogP contribution in [0.4, 0.5) is 5.95 Å². The summed E-state index contributed by atoms with van der Waals surface area (Å²) >= 11 is 0. The van der Waals surface area contributed by atoms with Crippen LogP contribution in [0.25, 0.3) is 11.1 Å². The van der Waals surface area contributed by atoms with Crippen molar-refractivity contribution in [1.82, 2.24) is 9.97 Å². The first-order chi connectivity index (χ1) is 16.5. The molecule has 0 radical (unpaired) electrons. The monoisotopic (exact) mass is 461 g/mol. The van der Waals surface area contributed by atoms with E-state index in [0.29, 0.717) is 17.9 Å². The number of benzene rings is 2. The van der Waals surface area contributed by atoms with Gasteiger partial charge in [0.25, 0.3) is 0 Å². The van der Waals surface area contributed by atoms with Gasteiger partial charge in [-0.25, -0.2) is 4.98 Å². The second kappa shape index (κ2) is 12.4. The van der Waals surface area contributed by atoms with Crippen molar-refractivity contribution in [1.29, 1.82) is 0 Å². The highest BCUT2D eigenvalue weighted by Gasteiger charge is 2.20. The predicted octanol–water partition coefficient (Wildman–Crippen LogP) is 8.05. The summed E-state index contributed by atoms with van der Waals surface area (Å²) in [6, 6.07) is 16.4. The van der Waals surface area contributed by atoms with Crippen molar-refractivity contribution in [2.24, 2.45) is 5.92 Å². The third kappa shape index (κ3) is 7.21. The molecule has 0 unspecified atom stereocenters. The van der Waals surface area contributed by atoms with Gasteiger partial charge >= 0.3 is 0 Å². The predicted molar refractivity (Wildman–Crippen MR) is 141 cm³/mol. The molecule has 0 bridgehead atoms. The number of ether oxygens (including phenoxy) is 2. The maximum absolute atomic E-state index is 6.26. The first-order valence-electron chi connectivity index (χ1n) is 12.6. The highest BCUT2D eigenvalue weighted by Crippen LogP contribution is 2.34. The van der Waals surface area contributed by atoms with Crippen LogP contribution < -0.4 is 14.8 Å². The number of nitrogens with zero attached hydrogens (tertiary/aromatic N) is 2. The first kappa shape index (κ1) is 25.5. The van der Waals surface area contributed by atoms with Crippen LogP contribution in [0.5, 0.6) is 17.4 Å². The van der Waals surface area contributed by atoms with E-state index in [9.17, 15) is 0 Å². The van der Waals surface area contributed by atoms with Crippen molar-refractivity contribution >= 4 is 5.95 Å². The molecule has 1 saturated carbocycles. The average molecular weight is 462 g/mol. The number of aryl methyl sites for hydroxylation is 1. The number of aromatic nitrogens is 2. The third-order valence-corrected chi connectivity index (χ3v) is 5.84. The Labute approximate surface area is 205 Å². The lowest BCUT2D eigenvalue weighted by molar-refractivity contribution is 0.242. The Morgan fingerprint density at radius 1 is 0.941 bits per heavy atom. The topological polar surface area (TPSA) is 56.3 Å². The minimum Gasteiger partial charge on any atom is -0.491 e. The molecule has 0 aliphatic heterocycles. The molecule has 4 rings (SSSR count). The molecule has 3 aromatic rings. The summed E-state index contributed by atoms with van der Waals surface area (Å²) in [7, 11) is 0. The van der Waals surface area contributed by atoms with Crippen LogP contribution in [0.3, 0.4) is 0 Å². The quantitative estimate of drug-likeness (QED) is 0.386. The van der Waals surface area contributed by atoms with Crippen LogP contribution in [0.15, 0.2) is 54.7 Å². The molecule has 0 saturated heterocycles. The first-order valence-corrected chi connectivity index (χ1v) is 12.6. The van der Waals surface area contributed by atoms with E-state index in [4.69, 9.17) is 14.5 Å². The standard InChI is InChI=1S/C27H33N3O2.C2H6/c1-18(2)31-23-14-10-21(11-15-23)25-17-28-27(29-22-12-8-19(3)9-13-22)30-26(25)32-24-7-5-6-20(4)16-24;1-2/h5-7,10-11,14-19,22H,8-9,12-13H2,1-4H3,(H,28,29,30);1-2H3. The summed E-state index contributed by atoms with van der Waals surface area (Å²) in [6.07, 6.45) is 6.78. The van der Waals surface area contributed by atoms with E-state index in [1.165, 1.54) is 12.8 Å². The molecule has 34 heavy (non-hydrogen) atoms. The van der Waals surface area contributed by atoms with Gasteiger partial charge in [0.1, 0.15) is 11.5 Å². The van der Waals surface area contributed by atoms with Gasteiger partial charge in [0.05, 0.1) is 11.7 Å². The summed E-state index contributed by atoms with van der Waals surface area (Å²) in [5.41, 5.74) is 2.98. The number of nitrogens with one attached hydrogen (secondary N) is 1. The fraction of sp³-hybridized carbons (Fsp3) is 0.448. The lowest BCUT2D eigenvalue weighted by atomic mass is 9.87. The zero-order valence-corrected chi connectivity index (χ0v) is 21.5. The number of anilines is 1. The van der Waals surface area contributed by atoms with Crippen LogP contribution in [0.1, 0.15) is 65.9 Å². The molecule has 1 fully saturated rings. The van der Waals surface area contributed by atoms with Crippen molar-refractivity contribution in [2.75, 3.05) is 5.32 Å². The van der Waals surface area contributed by atoms with Crippen LogP contribution in [0, 0.1) is 12.8 Å². The molecule has 1 aliphatic rings. The van der Waals surface area contributed by atoms with Crippen molar-refractivity contribution in [3.8, 4) is 28.5 Å². The van der Waals surface area contributed by atoms with E-state index >= 15 is 0 Å². The van der Waals surface area contributed by atoms with Crippen molar-refractivity contribution in [3.05, 3.63) is 60.3 Å². The Morgan fingerprint density at radius 2 is 1.65 bits per heavy atom. The van der Waals surface area contributed by atoms with E-state index in [2.05, 4.69) is 30.2 Å². The van der Waals surface area contributed by atoms with Gasteiger partial charge in [-0.05, 0) is 87.8 Å². The Hall–Kier alpha value is -3.08. The highest BCUT2D eigenvalue weighted by atomic mass is 16.5. The molecule has 0 atom stereocenters. The Kier molecular flexibility index (Phi) is 9.32. The molecule has 1 aromatic heterocycles. The maximum atomic E-state index is 6.26. The maximum Gasteiger partial charge on any atom is 0.231 e. The normalized spacial score (nSPS) is 17.5. The van der Waals surface area contributed by atoms with Gasteiger partial charge < -0.3 is 14.8 Å². The number of rotatable bonds is 7. The van der Waals surface area contributed by atoms with E-state index < -0.39 is 0 Å². The second-order valence-electron chi connectivity index (χ2n) is 9.12.